The third kappa shape index (κ3) is 4.52. The summed E-state index contributed by atoms with van der Waals surface area (Å²) in [5.74, 6) is 3.67. The van der Waals surface area contributed by atoms with Crippen molar-refractivity contribution < 1.29 is 4.74 Å². The molecule has 0 N–H and O–H groups in total. The zero-order chi connectivity index (χ0) is 33.8. The lowest BCUT2D eigenvalue weighted by Crippen LogP contribution is -2.39. The van der Waals surface area contributed by atoms with Gasteiger partial charge in [-0.05, 0) is 59.7 Å². The average molecular weight is 655 g/mol. The van der Waals surface area contributed by atoms with Crippen molar-refractivity contribution in [1.82, 2.24) is 15.0 Å². The second kappa shape index (κ2) is 11.6. The predicted molar refractivity (Wildman–Crippen MR) is 203 cm³/mol. The largest absolute Gasteiger partial charge is 0.457 e. The molecule has 5 heteroatoms. The van der Waals surface area contributed by atoms with Crippen LogP contribution in [0.4, 0.5) is 17.1 Å². The SMILES string of the molecule is c1ccc(-c2nc(-c3ccccc3)nc(-c3ccc(N4c5ccccc5C5(c6ccccc6Oc6ccccc65)c5ccccc54)cc3)n2)cc1. The molecule has 0 radical (unpaired) electrons. The Morgan fingerprint density at radius 2 is 0.725 bits per heavy atom. The third-order valence-corrected chi connectivity index (χ3v) is 9.98. The van der Waals surface area contributed by atoms with Crippen LogP contribution in [0.2, 0.25) is 0 Å². The minimum absolute atomic E-state index is 0.568. The molecule has 2 aliphatic heterocycles. The molecule has 0 aliphatic carbocycles. The van der Waals surface area contributed by atoms with Crippen LogP contribution in [0, 0.1) is 0 Å². The van der Waals surface area contributed by atoms with Crippen molar-refractivity contribution in [2.75, 3.05) is 4.90 Å². The summed E-state index contributed by atoms with van der Waals surface area (Å²) in [5, 5.41) is 0. The van der Waals surface area contributed by atoms with Gasteiger partial charge in [-0.25, -0.2) is 15.0 Å². The zero-order valence-electron chi connectivity index (χ0n) is 27.5. The van der Waals surface area contributed by atoms with Crippen molar-refractivity contribution in [2.45, 2.75) is 5.41 Å². The molecule has 0 atom stereocenters. The molecule has 240 valence electrons. The molecule has 0 saturated heterocycles. The van der Waals surface area contributed by atoms with Crippen LogP contribution < -0.4 is 9.64 Å². The van der Waals surface area contributed by atoms with Crippen molar-refractivity contribution in [3.05, 3.63) is 204 Å². The quantitative estimate of drug-likeness (QED) is 0.189. The summed E-state index contributed by atoms with van der Waals surface area (Å²) in [7, 11) is 0. The summed E-state index contributed by atoms with van der Waals surface area (Å²) in [6.45, 7) is 0. The summed E-state index contributed by atoms with van der Waals surface area (Å²) < 4.78 is 6.54. The van der Waals surface area contributed by atoms with E-state index in [1.807, 2.05) is 72.8 Å². The van der Waals surface area contributed by atoms with E-state index in [2.05, 4.69) is 114 Å². The van der Waals surface area contributed by atoms with E-state index in [1.165, 1.54) is 11.1 Å². The molecular formula is C46H30N4O. The molecular weight excluding hydrogens is 625 g/mol. The molecule has 0 fully saturated rings. The highest BCUT2D eigenvalue weighted by Crippen LogP contribution is 2.62. The Morgan fingerprint density at radius 3 is 1.20 bits per heavy atom. The first kappa shape index (κ1) is 29.1. The van der Waals surface area contributed by atoms with Gasteiger partial charge in [0.1, 0.15) is 11.5 Å². The topological polar surface area (TPSA) is 51.1 Å². The zero-order valence-corrected chi connectivity index (χ0v) is 27.5. The average Bonchev–Trinajstić information content (AvgIpc) is 3.21. The monoisotopic (exact) mass is 654 g/mol. The highest BCUT2D eigenvalue weighted by Gasteiger charge is 2.50. The van der Waals surface area contributed by atoms with Crippen LogP contribution in [-0.4, -0.2) is 15.0 Å². The second-order valence-electron chi connectivity index (χ2n) is 12.8. The van der Waals surface area contributed by atoms with Gasteiger partial charge in [-0.1, -0.05) is 133 Å². The fourth-order valence-corrected chi connectivity index (χ4v) is 7.80. The van der Waals surface area contributed by atoms with E-state index >= 15 is 0 Å². The number of benzene rings is 7. The lowest BCUT2D eigenvalue weighted by atomic mass is 9.61. The second-order valence-corrected chi connectivity index (χ2v) is 12.8. The van der Waals surface area contributed by atoms with Gasteiger partial charge in [-0.15, -0.1) is 0 Å². The fraction of sp³-hybridized carbons (Fsp3) is 0.0217. The molecule has 2 aliphatic rings. The summed E-state index contributed by atoms with van der Waals surface area (Å²) in [6.07, 6.45) is 0. The smallest absolute Gasteiger partial charge is 0.164 e. The van der Waals surface area contributed by atoms with Gasteiger partial charge < -0.3 is 9.64 Å². The van der Waals surface area contributed by atoms with E-state index in [1.54, 1.807) is 0 Å². The van der Waals surface area contributed by atoms with Gasteiger partial charge in [0.15, 0.2) is 17.5 Å². The van der Waals surface area contributed by atoms with E-state index in [4.69, 9.17) is 19.7 Å². The predicted octanol–water partition coefficient (Wildman–Crippen LogP) is 11.1. The normalized spacial score (nSPS) is 13.4. The molecule has 0 saturated carbocycles. The van der Waals surface area contributed by atoms with Crippen LogP contribution in [0.25, 0.3) is 34.2 Å². The Kier molecular flexibility index (Phi) is 6.64. The van der Waals surface area contributed by atoms with Crippen molar-refractivity contribution in [2.24, 2.45) is 0 Å². The maximum atomic E-state index is 6.54. The molecule has 0 amide bonds. The van der Waals surface area contributed by atoms with Gasteiger partial charge in [-0.3, -0.25) is 0 Å². The van der Waals surface area contributed by atoms with E-state index in [-0.39, 0.29) is 0 Å². The Balaban J connectivity index is 1.14. The molecule has 0 bridgehead atoms. The Hall–Kier alpha value is -6.85. The van der Waals surface area contributed by atoms with Gasteiger partial charge in [0.2, 0.25) is 0 Å². The molecule has 0 unspecified atom stereocenters. The van der Waals surface area contributed by atoms with Crippen LogP contribution >= 0.6 is 0 Å². The van der Waals surface area contributed by atoms with Crippen LogP contribution in [0.3, 0.4) is 0 Å². The number of anilines is 3. The first-order chi connectivity index (χ1) is 25.3. The van der Waals surface area contributed by atoms with Gasteiger partial charge in [0.05, 0.1) is 16.8 Å². The molecule has 7 aromatic carbocycles. The standard InChI is InChI=1S/C46H30N4O/c1-3-15-31(16-4-1)43-47-44(32-17-5-2-6-18-32)49-45(48-43)33-27-29-34(30-28-33)50-39-23-11-7-19-35(39)46(36-20-8-12-24-40(36)50)37-21-9-13-25-41(37)51-42-26-14-10-22-38(42)46/h1-30H. The molecule has 10 rings (SSSR count). The van der Waals surface area contributed by atoms with Gasteiger partial charge in [0.25, 0.3) is 0 Å². The first-order valence-corrected chi connectivity index (χ1v) is 17.1. The summed E-state index contributed by atoms with van der Waals surface area (Å²) >= 11 is 0. The molecule has 5 nitrogen and oxygen atoms in total. The van der Waals surface area contributed by atoms with Crippen molar-refractivity contribution in [3.63, 3.8) is 0 Å². The van der Waals surface area contributed by atoms with Gasteiger partial charge in [-0.2, -0.15) is 0 Å². The minimum Gasteiger partial charge on any atom is -0.457 e. The van der Waals surface area contributed by atoms with Crippen molar-refractivity contribution in [1.29, 1.82) is 0 Å². The van der Waals surface area contributed by atoms with Crippen LogP contribution in [0.5, 0.6) is 11.5 Å². The maximum absolute atomic E-state index is 6.54. The highest BCUT2D eigenvalue weighted by atomic mass is 16.5. The minimum atomic E-state index is -0.568. The summed E-state index contributed by atoms with van der Waals surface area (Å²) in [4.78, 5) is 17.2. The van der Waals surface area contributed by atoms with E-state index in [0.717, 1.165) is 56.4 Å². The first-order valence-electron chi connectivity index (χ1n) is 17.1. The molecule has 8 aromatic rings. The molecule has 51 heavy (non-hydrogen) atoms. The Bertz CT molecular complexity index is 2410. The number of rotatable bonds is 4. The van der Waals surface area contributed by atoms with Gasteiger partial charge in [0, 0.05) is 33.5 Å². The van der Waals surface area contributed by atoms with E-state index in [0.29, 0.717) is 17.5 Å². The lowest BCUT2D eigenvalue weighted by Gasteiger charge is -2.48. The third-order valence-electron chi connectivity index (χ3n) is 9.98. The van der Waals surface area contributed by atoms with Crippen molar-refractivity contribution >= 4 is 17.1 Å². The number of hydrogen-bond donors (Lipinski definition) is 0. The van der Waals surface area contributed by atoms with E-state index < -0.39 is 5.41 Å². The molecule has 3 heterocycles. The van der Waals surface area contributed by atoms with Crippen LogP contribution in [0.15, 0.2) is 182 Å². The van der Waals surface area contributed by atoms with Crippen LogP contribution in [-0.2, 0) is 5.41 Å². The van der Waals surface area contributed by atoms with Crippen molar-refractivity contribution in [3.8, 4) is 45.7 Å². The molecule has 1 spiro atoms. The van der Waals surface area contributed by atoms with Gasteiger partial charge >= 0.3 is 0 Å². The summed E-state index contributed by atoms with van der Waals surface area (Å²) in [6, 6.07) is 63.2. The number of fused-ring (bicyclic) bond motifs is 8. The Morgan fingerprint density at radius 1 is 0.353 bits per heavy atom. The number of para-hydroxylation sites is 4. The highest BCUT2D eigenvalue weighted by molar-refractivity contribution is 5.91. The number of nitrogens with zero attached hydrogens (tertiary/aromatic N) is 4. The van der Waals surface area contributed by atoms with E-state index in [9.17, 15) is 0 Å². The number of ether oxygens (including phenoxy) is 1. The number of hydrogen-bond acceptors (Lipinski definition) is 5. The number of aromatic nitrogens is 3. The fourth-order valence-electron chi connectivity index (χ4n) is 7.80. The Labute approximate surface area is 296 Å². The summed E-state index contributed by atoms with van der Waals surface area (Å²) in [5.41, 5.74) is 10.2. The van der Waals surface area contributed by atoms with Crippen LogP contribution in [0.1, 0.15) is 22.3 Å². The lowest BCUT2D eigenvalue weighted by molar-refractivity contribution is 0.434. The maximum Gasteiger partial charge on any atom is 0.164 e. The molecule has 1 aromatic heterocycles.